The van der Waals surface area contributed by atoms with Gasteiger partial charge in [-0.1, -0.05) is 12.1 Å². The van der Waals surface area contributed by atoms with Crippen LogP contribution in [0.4, 0.5) is 10.5 Å². The molecule has 0 saturated carbocycles. The maximum Gasteiger partial charge on any atom is 0.322 e. The van der Waals surface area contributed by atoms with Gasteiger partial charge in [-0.05, 0) is 35.6 Å². The predicted molar refractivity (Wildman–Crippen MR) is 88.8 cm³/mol. The van der Waals surface area contributed by atoms with Crippen molar-refractivity contribution in [1.29, 1.82) is 0 Å². The van der Waals surface area contributed by atoms with Crippen molar-refractivity contribution in [2.75, 3.05) is 11.9 Å². The molecule has 0 atom stereocenters. The number of nitrogens with zero attached hydrogens (tertiary/aromatic N) is 4. The van der Waals surface area contributed by atoms with Gasteiger partial charge in [0, 0.05) is 18.0 Å². The van der Waals surface area contributed by atoms with Gasteiger partial charge in [0.2, 0.25) is 0 Å². The number of nitrogens with one attached hydrogen (secondary N) is 1. The number of fused-ring (bicyclic) bond motifs is 1. The minimum Gasteiger partial charge on any atom is -0.320 e. The fourth-order valence-corrected chi connectivity index (χ4v) is 3.62. The molecule has 2 amide bonds. The molecule has 1 N–H and O–H groups in total. The van der Waals surface area contributed by atoms with Crippen LogP contribution in [0.5, 0.6) is 0 Å². The minimum absolute atomic E-state index is 0.0885. The molecule has 116 valence electrons. The monoisotopic (exact) mass is 325 g/mol. The highest BCUT2D eigenvalue weighted by Crippen LogP contribution is 2.25. The number of amides is 2. The second-order valence-electron chi connectivity index (χ2n) is 5.33. The maximum atomic E-state index is 12.6. The van der Waals surface area contributed by atoms with E-state index in [0.29, 0.717) is 6.54 Å². The van der Waals surface area contributed by atoms with Crippen molar-refractivity contribution >= 4 is 23.1 Å². The van der Waals surface area contributed by atoms with Gasteiger partial charge in [0.15, 0.2) is 0 Å². The third-order valence-corrected chi connectivity index (χ3v) is 4.93. The lowest BCUT2D eigenvalue weighted by Crippen LogP contribution is -2.38. The molecule has 1 aliphatic heterocycles. The molecule has 0 fully saturated rings. The molecule has 4 rings (SSSR count). The number of para-hydroxylation sites is 2. The maximum absolute atomic E-state index is 12.6. The lowest BCUT2D eigenvalue weighted by molar-refractivity contribution is 0.207. The summed E-state index contributed by atoms with van der Waals surface area (Å²) in [6.07, 6.45) is 4.01. The van der Waals surface area contributed by atoms with Crippen LogP contribution in [0.25, 0.3) is 5.69 Å². The van der Waals surface area contributed by atoms with Gasteiger partial charge in [-0.25, -0.2) is 14.5 Å². The molecule has 2 aromatic heterocycles. The zero-order valence-electron chi connectivity index (χ0n) is 12.3. The van der Waals surface area contributed by atoms with Gasteiger partial charge in [-0.2, -0.15) is 5.10 Å². The molecule has 0 radical (unpaired) electrons. The van der Waals surface area contributed by atoms with Crippen LogP contribution >= 0.6 is 11.3 Å². The van der Waals surface area contributed by atoms with Gasteiger partial charge < -0.3 is 10.2 Å². The number of rotatable bonds is 2. The largest absolute Gasteiger partial charge is 0.322 e. The van der Waals surface area contributed by atoms with Crippen LogP contribution in [0.15, 0.2) is 48.4 Å². The Hall–Kier alpha value is -2.67. The Labute approximate surface area is 137 Å². The van der Waals surface area contributed by atoms with Crippen LogP contribution in [0.1, 0.15) is 10.4 Å². The molecule has 3 aromatic rings. The minimum atomic E-state index is -0.0885. The van der Waals surface area contributed by atoms with Crippen molar-refractivity contribution in [2.24, 2.45) is 0 Å². The topological polar surface area (TPSA) is 63.1 Å². The van der Waals surface area contributed by atoms with Crippen LogP contribution in [0.3, 0.4) is 0 Å². The average Bonchev–Trinajstić information content (AvgIpc) is 3.26. The van der Waals surface area contributed by atoms with Crippen molar-refractivity contribution in [2.45, 2.75) is 13.0 Å². The third kappa shape index (κ3) is 2.70. The summed E-state index contributed by atoms with van der Waals surface area (Å²) in [5.41, 5.74) is 2.77. The van der Waals surface area contributed by atoms with E-state index in [-0.39, 0.29) is 6.03 Å². The van der Waals surface area contributed by atoms with Crippen molar-refractivity contribution in [3.8, 4) is 5.69 Å². The van der Waals surface area contributed by atoms with Gasteiger partial charge in [0.1, 0.15) is 12.7 Å². The van der Waals surface area contributed by atoms with E-state index in [1.807, 2.05) is 29.2 Å². The highest BCUT2D eigenvalue weighted by Gasteiger charge is 2.22. The Bertz CT molecular complexity index is 827. The number of urea groups is 1. The first kappa shape index (κ1) is 14.0. The second-order valence-corrected chi connectivity index (χ2v) is 6.33. The fraction of sp³-hybridized carbons (Fsp3) is 0.188. The summed E-state index contributed by atoms with van der Waals surface area (Å²) in [5, 5.41) is 9.21. The van der Waals surface area contributed by atoms with E-state index in [2.05, 4.69) is 26.8 Å². The van der Waals surface area contributed by atoms with Gasteiger partial charge in [-0.3, -0.25) is 0 Å². The molecule has 1 aliphatic rings. The predicted octanol–water partition coefficient (Wildman–Crippen LogP) is 2.92. The molecule has 7 heteroatoms. The number of aromatic nitrogens is 3. The first-order valence-electron chi connectivity index (χ1n) is 7.36. The number of carbonyl (C=O) groups is 1. The number of hydrogen-bond donors (Lipinski definition) is 1. The molecule has 3 heterocycles. The summed E-state index contributed by atoms with van der Waals surface area (Å²) in [6, 6.07) is 9.58. The highest BCUT2D eigenvalue weighted by molar-refractivity contribution is 7.10. The summed E-state index contributed by atoms with van der Waals surface area (Å²) in [6.45, 7) is 1.40. The molecule has 0 bridgehead atoms. The zero-order valence-corrected chi connectivity index (χ0v) is 13.2. The van der Waals surface area contributed by atoms with E-state index in [1.165, 1.54) is 16.8 Å². The van der Waals surface area contributed by atoms with Crippen molar-refractivity contribution < 1.29 is 4.79 Å². The van der Waals surface area contributed by atoms with Gasteiger partial charge in [0.25, 0.3) is 0 Å². The molecule has 0 aliphatic carbocycles. The third-order valence-electron chi connectivity index (χ3n) is 3.91. The standard InChI is InChI=1S/C16H15N5OS/c22-16(20-7-5-15-12(9-20)6-8-23-15)19-13-3-1-2-4-14(13)21-11-17-10-18-21/h1-4,6,8,10-11H,5,7,9H2,(H,19,22). The molecule has 1 aromatic carbocycles. The molecule has 0 spiro atoms. The van der Waals surface area contributed by atoms with E-state index in [1.54, 1.807) is 22.3 Å². The molecule has 0 saturated heterocycles. The van der Waals surface area contributed by atoms with E-state index in [0.717, 1.165) is 24.3 Å². The second kappa shape index (κ2) is 5.85. The Balaban J connectivity index is 1.54. The van der Waals surface area contributed by atoms with Crippen LogP contribution in [-0.4, -0.2) is 32.2 Å². The first-order chi connectivity index (χ1) is 11.3. The van der Waals surface area contributed by atoms with Crippen LogP contribution in [0, 0.1) is 0 Å². The highest BCUT2D eigenvalue weighted by atomic mass is 32.1. The Morgan fingerprint density at radius 2 is 2.17 bits per heavy atom. The van der Waals surface area contributed by atoms with E-state index < -0.39 is 0 Å². The van der Waals surface area contributed by atoms with Crippen molar-refractivity contribution in [1.82, 2.24) is 19.7 Å². The first-order valence-corrected chi connectivity index (χ1v) is 8.24. The van der Waals surface area contributed by atoms with Gasteiger partial charge in [0.05, 0.1) is 11.4 Å². The summed E-state index contributed by atoms with van der Waals surface area (Å²) >= 11 is 1.77. The average molecular weight is 325 g/mol. The lowest BCUT2D eigenvalue weighted by atomic mass is 10.1. The smallest absolute Gasteiger partial charge is 0.320 e. The van der Waals surface area contributed by atoms with E-state index in [9.17, 15) is 4.79 Å². The van der Waals surface area contributed by atoms with Gasteiger partial charge >= 0.3 is 6.03 Å². The quantitative estimate of drug-likeness (QED) is 0.788. The van der Waals surface area contributed by atoms with Crippen LogP contribution in [-0.2, 0) is 13.0 Å². The molecular formula is C16H15N5OS. The Morgan fingerprint density at radius 1 is 1.26 bits per heavy atom. The van der Waals surface area contributed by atoms with Crippen LogP contribution in [0.2, 0.25) is 0 Å². The SMILES string of the molecule is O=C(Nc1ccccc1-n1cncn1)N1CCc2sccc2C1. The summed E-state index contributed by atoms with van der Waals surface area (Å²) < 4.78 is 1.64. The molecule has 23 heavy (non-hydrogen) atoms. The summed E-state index contributed by atoms with van der Waals surface area (Å²) in [7, 11) is 0. The fourth-order valence-electron chi connectivity index (χ4n) is 2.73. The van der Waals surface area contributed by atoms with Crippen molar-refractivity contribution in [3.63, 3.8) is 0 Å². The molecule has 6 nitrogen and oxygen atoms in total. The Kier molecular flexibility index (Phi) is 3.55. The number of benzene rings is 1. The summed E-state index contributed by atoms with van der Waals surface area (Å²) in [5.74, 6) is 0. The van der Waals surface area contributed by atoms with Crippen molar-refractivity contribution in [3.05, 3.63) is 58.8 Å². The normalized spacial score (nSPS) is 13.7. The molecule has 0 unspecified atom stereocenters. The lowest BCUT2D eigenvalue weighted by Gasteiger charge is -2.27. The number of hydrogen-bond acceptors (Lipinski definition) is 4. The Morgan fingerprint density at radius 3 is 3.04 bits per heavy atom. The number of carbonyl (C=O) groups excluding carboxylic acids is 1. The number of thiophene rings is 1. The number of anilines is 1. The van der Waals surface area contributed by atoms with E-state index in [4.69, 9.17) is 0 Å². The summed E-state index contributed by atoms with van der Waals surface area (Å²) in [4.78, 5) is 19.8. The molecular weight excluding hydrogens is 310 g/mol. The van der Waals surface area contributed by atoms with E-state index >= 15 is 0 Å². The zero-order chi connectivity index (χ0) is 15.6. The van der Waals surface area contributed by atoms with Gasteiger partial charge in [-0.15, -0.1) is 11.3 Å². The van der Waals surface area contributed by atoms with Crippen LogP contribution < -0.4 is 5.32 Å².